The largest absolute Gasteiger partial charge is 0.573 e. The Kier molecular flexibility index (Phi) is 3.91. The van der Waals surface area contributed by atoms with Gasteiger partial charge in [0.15, 0.2) is 5.69 Å². The SMILES string of the molecule is Cc1cc(CBr)nc([N+](=O)[O-])c1OC(F)(F)F. The van der Waals surface area contributed by atoms with Gasteiger partial charge >= 0.3 is 12.2 Å². The molecule has 9 heteroatoms. The summed E-state index contributed by atoms with van der Waals surface area (Å²) in [4.78, 5) is 13.1. The molecule has 0 bridgehead atoms. The van der Waals surface area contributed by atoms with E-state index in [1.165, 1.54) is 13.0 Å². The van der Waals surface area contributed by atoms with Gasteiger partial charge in [-0.25, -0.2) is 0 Å². The number of alkyl halides is 4. The molecule has 0 fully saturated rings. The molecule has 0 aliphatic rings. The quantitative estimate of drug-likeness (QED) is 0.488. The van der Waals surface area contributed by atoms with Crippen LogP contribution in [-0.4, -0.2) is 16.3 Å². The standard InChI is InChI=1S/C8H6BrF3N2O3/c1-4-2-5(3-9)13-7(14(15)16)6(4)17-8(10,11)12/h2H,3H2,1H3. The Balaban J connectivity index is 3.32. The molecular formula is C8H6BrF3N2O3. The molecule has 0 amide bonds. The average molecular weight is 315 g/mol. The van der Waals surface area contributed by atoms with Crippen molar-refractivity contribution >= 4 is 21.7 Å². The van der Waals surface area contributed by atoms with Crippen molar-refractivity contribution < 1.29 is 22.8 Å². The molecule has 0 aliphatic carbocycles. The first-order valence-corrected chi connectivity index (χ1v) is 5.33. The van der Waals surface area contributed by atoms with Crippen LogP contribution >= 0.6 is 15.9 Å². The van der Waals surface area contributed by atoms with Gasteiger partial charge < -0.3 is 14.9 Å². The molecule has 0 aliphatic heterocycles. The zero-order valence-electron chi connectivity index (χ0n) is 8.42. The zero-order chi connectivity index (χ0) is 13.2. The minimum atomic E-state index is -4.99. The number of nitrogens with zero attached hydrogens (tertiary/aromatic N) is 2. The van der Waals surface area contributed by atoms with E-state index >= 15 is 0 Å². The monoisotopic (exact) mass is 314 g/mol. The first-order chi connectivity index (χ1) is 7.74. The summed E-state index contributed by atoms with van der Waals surface area (Å²) in [5.41, 5.74) is 0.252. The van der Waals surface area contributed by atoms with Crippen molar-refractivity contribution in [3.8, 4) is 5.75 Å². The van der Waals surface area contributed by atoms with Crippen LogP contribution < -0.4 is 4.74 Å². The second kappa shape index (κ2) is 4.86. The number of hydrogen-bond acceptors (Lipinski definition) is 4. The van der Waals surface area contributed by atoms with Gasteiger partial charge in [-0.2, -0.15) is 0 Å². The maximum absolute atomic E-state index is 12.1. The van der Waals surface area contributed by atoms with Crippen LogP contribution in [0.5, 0.6) is 5.75 Å². The zero-order valence-corrected chi connectivity index (χ0v) is 10.0. The lowest BCUT2D eigenvalue weighted by Crippen LogP contribution is -2.19. The number of nitro groups is 1. The van der Waals surface area contributed by atoms with Gasteiger partial charge in [0.1, 0.15) is 0 Å². The Morgan fingerprint density at radius 1 is 1.59 bits per heavy atom. The van der Waals surface area contributed by atoms with E-state index in [9.17, 15) is 23.3 Å². The highest BCUT2D eigenvalue weighted by Crippen LogP contribution is 2.34. The van der Waals surface area contributed by atoms with Crippen LogP contribution in [0.3, 0.4) is 0 Å². The van der Waals surface area contributed by atoms with Crippen LogP contribution in [-0.2, 0) is 5.33 Å². The summed E-state index contributed by atoms with van der Waals surface area (Å²) in [6.45, 7) is 1.28. The highest BCUT2D eigenvalue weighted by atomic mass is 79.9. The first-order valence-electron chi connectivity index (χ1n) is 4.21. The number of hydrogen-bond donors (Lipinski definition) is 0. The highest BCUT2D eigenvalue weighted by molar-refractivity contribution is 9.08. The van der Waals surface area contributed by atoms with Crippen molar-refractivity contribution in [1.82, 2.24) is 4.98 Å². The van der Waals surface area contributed by atoms with E-state index in [1.54, 1.807) is 0 Å². The van der Waals surface area contributed by atoms with Gasteiger partial charge in [-0.3, -0.25) is 0 Å². The molecule has 0 spiro atoms. The number of rotatable bonds is 3. The van der Waals surface area contributed by atoms with Gasteiger partial charge in [0.2, 0.25) is 5.75 Å². The number of pyridine rings is 1. The predicted molar refractivity (Wildman–Crippen MR) is 54.9 cm³/mol. The number of aromatic nitrogens is 1. The molecule has 0 unspecified atom stereocenters. The summed E-state index contributed by atoms with van der Waals surface area (Å²) in [7, 11) is 0. The molecule has 0 atom stereocenters. The van der Waals surface area contributed by atoms with Gasteiger partial charge in [-0.05, 0) is 22.9 Å². The molecule has 5 nitrogen and oxygen atoms in total. The van der Waals surface area contributed by atoms with Crippen molar-refractivity contribution in [3.63, 3.8) is 0 Å². The van der Waals surface area contributed by atoms with Crippen molar-refractivity contribution in [2.45, 2.75) is 18.6 Å². The molecule has 17 heavy (non-hydrogen) atoms. The molecule has 0 N–H and O–H groups in total. The van der Waals surface area contributed by atoms with Gasteiger partial charge in [-0.1, -0.05) is 15.9 Å². The molecule has 1 heterocycles. The summed E-state index contributed by atoms with van der Waals surface area (Å²) in [5.74, 6) is -1.83. The third-order valence-electron chi connectivity index (χ3n) is 1.72. The Morgan fingerprint density at radius 3 is 2.59 bits per heavy atom. The smallest absolute Gasteiger partial charge is 0.396 e. The summed E-state index contributed by atoms with van der Waals surface area (Å²) in [5, 5.41) is 10.8. The topological polar surface area (TPSA) is 65.3 Å². The third kappa shape index (κ3) is 3.55. The Hall–Kier alpha value is -1.38. The molecule has 0 saturated carbocycles. The highest BCUT2D eigenvalue weighted by Gasteiger charge is 2.36. The van der Waals surface area contributed by atoms with Crippen LogP contribution in [0.4, 0.5) is 19.0 Å². The van der Waals surface area contributed by atoms with Gasteiger partial charge in [0.05, 0.1) is 5.33 Å². The van der Waals surface area contributed by atoms with Crippen molar-refractivity contribution in [2.75, 3.05) is 0 Å². The first kappa shape index (κ1) is 13.7. The fourth-order valence-corrected chi connectivity index (χ4v) is 1.43. The van der Waals surface area contributed by atoms with Crippen molar-refractivity contribution in [1.29, 1.82) is 0 Å². The van der Waals surface area contributed by atoms with Crippen LogP contribution in [0.25, 0.3) is 0 Å². The second-order valence-electron chi connectivity index (χ2n) is 3.02. The maximum Gasteiger partial charge on any atom is 0.573 e. The van der Waals surface area contributed by atoms with E-state index in [1.807, 2.05) is 0 Å². The second-order valence-corrected chi connectivity index (χ2v) is 3.58. The fraction of sp³-hybridized carbons (Fsp3) is 0.375. The normalized spacial score (nSPS) is 11.4. The number of ether oxygens (including phenoxy) is 1. The van der Waals surface area contributed by atoms with E-state index < -0.39 is 22.9 Å². The van der Waals surface area contributed by atoms with Crippen molar-refractivity contribution in [2.24, 2.45) is 0 Å². The van der Waals surface area contributed by atoms with Gasteiger partial charge in [0, 0.05) is 5.56 Å². The minimum absolute atomic E-state index is 0.00141. The molecular weight excluding hydrogens is 309 g/mol. The average Bonchev–Trinajstić information content (AvgIpc) is 2.18. The van der Waals surface area contributed by atoms with Gasteiger partial charge in [-0.15, -0.1) is 13.2 Å². The maximum atomic E-state index is 12.1. The number of halogens is 4. The Morgan fingerprint density at radius 2 is 2.18 bits per heavy atom. The van der Waals surface area contributed by atoms with E-state index in [0.717, 1.165) is 0 Å². The van der Waals surface area contributed by atoms with E-state index in [2.05, 4.69) is 25.7 Å². The molecule has 0 saturated heterocycles. The molecule has 1 rings (SSSR count). The molecule has 94 valence electrons. The fourth-order valence-electron chi connectivity index (χ4n) is 1.14. The minimum Gasteiger partial charge on any atom is -0.396 e. The lowest BCUT2D eigenvalue weighted by atomic mass is 10.2. The summed E-state index contributed by atoms with van der Waals surface area (Å²) < 4.78 is 39.8. The third-order valence-corrected chi connectivity index (χ3v) is 2.30. The van der Waals surface area contributed by atoms with Crippen LogP contribution in [0.15, 0.2) is 6.07 Å². The van der Waals surface area contributed by atoms with Crippen molar-refractivity contribution in [3.05, 3.63) is 27.4 Å². The Bertz CT molecular complexity index is 450. The van der Waals surface area contributed by atoms with Gasteiger partial charge in [0.25, 0.3) is 0 Å². The lowest BCUT2D eigenvalue weighted by Gasteiger charge is -2.11. The van der Waals surface area contributed by atoms with Crippen LogP contribution in [0.1, 0.15) is 11.3 Å². The lowest BCUT2D eigenvalue weighted by molar-refractivity contribution is -0.393. The number of aryl methyl sites for hydroxylation is 1. The summed E-state index contributed by atoms with van der Waals surface area (Å²) >= 11 is 3.01. The van der Waals surface area contributed by atoms with Crippen LogP contribution in [0.2, 0.25) is 0 Å². The van der Waals surface area contributed by atoms with E-state index in [-0.39, 0.29) is 16.6 Å². The molecule has 1 aromatic rings. The van der Waals surface area contributed by atoms with Crippen LogP contribution in [0, 0.1) is 17.0 Å². The van der Waals surface area contributed by atoms with E-state index in [4.69, 9.17) is 0 Å². The van der Waals surface area contributed by atoms with E-state index in [0.29, 0.717) is 0 Å². The molecule has 0 radical (unpaired) electrons. The summed E-state index contributed by atoms with van der Waals surface area (Å²) in [6.07, 6.45) is -4.99. The molecule has 1 aromatic heterocycles. The Labute approximate surface area is 102 Å². The molecule has 0 aromatic carbocycles. The summed E-state index contributed by atoms with van der Waals surface area (Å²) in [6, 6.07) is 1.28. The predicted octanol–water partition coefficient (Wildman–Crippen LogP) is 3.09.